The van der Waals surface area contributed by atoms with Crippen LogP contribution in [0.15, 0.2) is 22.8 Å². The number of aliphatic hydroxyl groups excluding tert-OH is 1. The molecule has 0 aliphatic carbocycles. The van der Waals surface area contributed by atoms with Crippen LogP contribution >= 0.6 is 11.6 Å². The summed E-state index contributed by atoms with van der Waals surface area (Å²) in [5.41, 5.74) is 0.991. The van der Waals surface area contributed by atoms with Gasteiger partial charge < -0.3 is 5.11 Å². The summed E-state index contributed by atoms with van der Waals surface area (Å²) >= 11 is 5.55. The normalized spacial score (nSPS) is 14.2. The minimum absolute atomic E-state index is 0.0759. The van der Waals surface area contributed by atoms with Gasteiger partial charge in [0.1, 0.15) is 0 Å². The molecule has 0 fully saturated rings. The van der Waals surface area contributed by atoms with Crippen molar-refractivity contribution in [1.82, 2.24) is 0 Å². The van der Waals surface area contributed by atoms with E-state index in [1.54, 1.807) is 19.1 Å². The van der Waals surface area contributed by atoms with Gasteiger partial charge in [-0.2, -0.15) is 0 Å². The van der Waals surface area contributed by atoms with Gasteiger partial charge in [-0.3, -0.25) is 0 Å². The van der Waals surface area contributed by atoms with Gasteiger partial charge in [0, 0.05) is 5.03 Å². The van der Waals surface area contributed by atoms with Crippen molar-refractivity contribution in [2.45, 2.75) is 13.8 Å². The lowest BCUT2D eigenvalue weighted by molar-refractivity contribution is 0.342. The van der Waals surface area contributed by atoms with Gasteiger partial charge in [0.25, 0.3) is 0 Å². The highest BCUT2D eigenvalue weighted by molar-refractivity contribution is 6.29. The van der Waals surface area contributed by atoms with Crippen LogP contribution < -0.4 is 0 Å². The zero-order chi connectivity index (χ0) is 7.28. The van der Waals surface area contributed by atoms with Crippen LogP contribution in [-0.4, -0.2) is 11.7 Å². The molecule has 0 aromatic rings. The maximum atomic E-state index is 8.40. The van der Waals surface area contributed by atoms with E-state index in [2.05, 4.69) is 0 Å². The standard InChI is InChI=1S/C7H11ClO/c1-6(3-4-9)5-7(2)8/h3,5,9H,4H2,1-2H3/b6-3+,7-5-. The summed E-state index contributed by atoms with van der Waals surface area (Å²) in [6, 6.07) is 0. The molecule has 0 rings (SSSR count). The molecule has 0 radical (unpaired) electrons. The van der Waals surface area contributed by atoms with Crippen LogP contribution in [0.25, 0.3) is 0 Å². The van der Waals surface area contributed by atoms with Gasteiger partial charge in [-0.15, -0.1) is 0 Å². The molecule has 0 spiro atoms. The fourth-order valence-electron chi connectivity index (χ4n) is 0.517. The molecule has 0 bridgehead atoms. The van der Waals surface area contributed by atoms with Gasteiger partial charge in [-0.05, 0) is 19.9 Å². The number of halogens is 1. The molecule has 0 atom stereocenters. The number of allylic oxidation sites excluding steroid dienone is 3. The van der Waals surface area contributed by atoms with Gasteiger partial charge in [0.2, 0.25) is 0 Å². The Balaban J connectivity index is 3.90. The first-order valence-electron chi connectivity index (χ1n) is 2.78. The van der Waals surface area contributed by atoms with Crippen molar-refractivity contribution in [3.8, 4) is 0 Å². The predicted octanol–water partition coefficient (Wildman–Crippen LogP) is 2.07. The van der Waals surface area contributed by atoms with Crippen LogP contribution in [0.5, 0.6) is 0 Å². The predicted molar refractivity (Wildman–Crippen MR) is 40.5 cm³/mol. The monoisotopic (exact) mass is 146 g/mol. The molecule has 2 heteroatoms. The van der Waals surface area contributed by atoms with Crippen molar-refractivity contribution in [3.05, 3.63) is 22.8 Å². The van der Waals surface area contributed by atoms with Crippen LogP contribution in [0.3, 0.4) is 0 Å². The average molecular weight is 147 g/mol. The van der Waals surface area contributed by atoms with Crippen LogP contribution in [0.2, 0.25) is 0 Å². The summed E-state index contributed by atoms with van der Waals surface area (Å²) in [5.74, 6) is 0. The summed E-state index contributed by atoms with van der Waals surface area (Å²) in [6.45, 7) is 3.77. The quantitative estimate of drug-likeness (QED) is 0.592. The molecule has 0 aliphatic heterocycles. The summed E-state index contributed by atoms with van der Waals surface area (Å²) in [6.07, 6.45) is 3.50. The lowest BCUT2D eigenvalue weighted by atomic mass is 10.3. The third-order valence-corrected chi connectivity index (χ3v) is 0.949. The number of rotatable bonds is 2. The maximum Gasteiger partial charge on any atom is 0.0618 e. The Bertz CT molecular complexity index is 132. The Morgan fingerprint density at radius 2 is 2.11 bits per heavy atom. The number of hydrogen-bond acceptors (Lipinski definition) is 1. The molecule has 1 N–H and O–H groups in total. The van der Waals surface area contributed by atoms with E-state index in [4.69, 9.17) is 16.7 Å². The summed E-state index contributed by atoms with van der Waals surface area (Å²) in [5, 5.41) is 9.13. The van der Waals surface area contributed by atoms with Gasteiger partial charge in [-0.1, -0.05) is 23.3 Å². The topological polar surface area (TPSA) is 20.2 Å². The van der Waals surface area contributed by atoms with E-state index in [0.717, 1.165) is 10.6 Å². The molecule has 0 aliphatic rings. The lowest BCUT2D eigenvalue weighted by Gasteiger charge is -1.89. The SMILES string of the molecule is C/C(Cl)=C/C(C)=C/CO. The molecule has 0 saturated carbocycles. The molecule has 0 aromatic heterocycles. The van der Waals surface area contributed by atoms with Crippen molar-refractivity contribution in [1.29, 1.82) is 0 Å². The van der Waals surface area contributed by atoms with Gasteiger partial charge >= 0.3 is 0 Å². The van der Waals surface area contributed by atoms with E-state index in [1.807, 2.05) is 6.92 Å². The van der Waals surface area contributed by atoms with Gasteiger partial charge in [0.05, 0.1) is 6.61 Å². The average Bonchev–Trinajstić information content (AvgIpc) is 1.63. The molecular weight excluding hydrogens is 136 g/mol. The highest BCUT2D eigenvalue weighted by Crippen LogP contribution is 2.03. The van der Waals surface area contributed by atoms with Crippen LogP contribution in [-0.2, 0) is 0 Å². The van der Waals surface area contributed by atoms with E-state index in [1.165, 1.54) is 0 Å². The third-order valence-electron chi connectivity index (χ3n) is 0.840. The highest BCUT2D eigenvalue weighted by Gasteiger charge is 1.81. The second-order valence-electron chi connectivity index (χ2n) is 1.86. The Morgan fingerprint density at radius 3 is 2.44 bits per heavy atom. The Hall–Kier alpha value is -0.270. The molecule has 0 heterocycles. The fourth-order valence-corrected chi connectivity index (χ4v) is 0.689. The van der Waals surface area contributed by atoms with Gasteiger partial charge in [0.15, 0.2) is 0 Å². The van der Waals surface area contributed by atoms with E-state index in [-0.39, 0.29) is 6.61 Å². The zero-order valence-corrected chi connectivity index (χ0v) is 6.44. The van der Waals surface area contributed by atoms with Crippen LogP contribution in [0.1, 0.15) is 13.8 Å². The third kappa shape index (κ3) is 5.60. The van der Waals surface area contributed by atoms with Crippen molar-refractivity contribution in [3.63, 3.8) is 0 Å². The molecule has 9 heavy (non-hydrogen) atoms. The van der Waals surface area contributed by atoms with Crippen molar-refractivity contribution in [2.75, 3.05) is 6.61 Å². The van der Waals surface area contributed by atoms with E-state index in [9.17, 15) is 0 Å². The maximum absolute atomic E-state index is 8.40. The highest BCUT2D eigenvalue weighted by atomic mass is 35.5. The van der Waals surface area contributed by atoms with E-state index >= 15 is 0 Å². The second-order valence-corrected chi connectivity index (χ2v) is 2.46. The summed E-state index contributed by atoms with van der Waals surface area (Å²) in [4.78, 5) is 0. The zero-order valence-electron chi connectivity index (χ0n) is 5.69. The first-order chi connectivity index (χ1) is 4.16. The minimum atomic E-state index is 0.0759. The molecule has 0 amide bonds. The van der Waals surface area contributed by atoms with Crippen molar-refractivity contribution < 1.29 is 5.11 Å². The molecular formula is C7H11ClO. The van der Waals surface area contributed by atoms with Gasteiger partial charge in [-0.25, -0.2) is 0 Å². The Labute approximate surface area is 60.6 Å². The minimum Gasteiger partial charge on any atom is -0.392 e. The fraction of sp³-hybridized carbons (Fsp3) is 0.429. The number of aliphatic hydroxyl groups is 1. The first-order valence-corrected chi connectivity index (χ1v) is 3.16. The molecule has 0 saturated heterocycles. The summed E-state index contributed by atoms with van der Waals surface area (Å²) < 4.78 is 0. The number of hydrogen-bond donors (Lipinski definition) is 1. The van der Waals surface area contributed by atoms with E-state index < -0.39 is 0 Å². The lowest BCUT2D eigenvalue weighted by Crippen LogP contribution is -1.75. The molecule has 52 valence electrons. The first kappa shape index (κ1) is 8.73. The Kier molecular flexibility index (Phi) is 4.46. The largest absolute Gasteiger partial charge is 0.392 e. The van der Waals surface area contributed by atoms with Crippen molar-refractivity contribution in [2.24, 2.45) is 0 Å². The molecule has 0 aromatic carbocycles. The Morgan fingerprint density at radius 1 is 1.56 bits per heavy atom. The van der Waals surface area contributed by atoms with Crippen molar-refractivity contribution >= 4 is 11.6 Å². The molecule has 0 unspecified atom stereocenters. The van der Waals surface area contributed by atoms with Crippen LogP contribution in [0, 0.1) is 0 Å². The smallest absolute Gasteiger partial charge is 0.0618 e. The second kappa shape index (κ2) is 4.59. The van der Waals surface area contributed by atoms with Crippen LogP contribution in [0.4, 0.5) is 0 Å². The summed E-state index contributed by atoms with van der Waals surface area (Å²) in [7, 11) is 0. The van der Waals surface area contributed by atoms with E-state index in [0.29, 0.717) is 0 Å². The molecule has 1 nitrogen and oxygen atoms in total.